The molecule has 0 aliphatic rings. The summed E-state index contributed by atoms with van der Waals surface area (Å²) in [5.74, 6) is -0.0356. The molecule has 0 amide bonds. The second kappa shape index (κ2) is 5.34. The van der Waals surface area contributed by atoms with Crippen LogP contribution in [-0.2, 0) is 0 Å². The van der Waals surface area contributed by atoms with E-state index in [2.05, 4.69) is 0 Å². The molecule has 0 aromatic rings. The number of aliphatic hydroxyl groups excluding tert-OH is 3. The first-order valence-electron chi connectivity index (χ1n) is 2.58. The Kier molecular flexibility index (Phi) is 4.86. The van der Waals surface area contributed by atoms with E-state index in [1.165, 1.54) is 18.2 Å². The number of allylic oxidation sites excluding steroid dienone is 1. The monoisotopic (exact) mass is 130 g/mol. The van der Waals surface area contributed by atoms with E-state index in [9.17, 15) is 0 Å². The molecule has 0 atom stereocenters. The zero-order valence-corrected chi connectivity index (χ0v) is 4.99. The van der Waals surface area contributed by atoms with Crippen LogP contribution in [0.15, 0.2) is 24.0 Å². The van der Waals surface area contributed by atoms with Gasteiger partial charge in [0.2, 0.25) is 0 Å². The Morgan fingerprint density at radius 1 is 1.22 bits per heavy atom. The minimum Gasteiger partial charge on any atom is -0.508 e. The summed E-state index contributed by atoms with van der Waals surface area (Å²) in [6.45, 7) is -0.301. The summed E-state index contributed by atoms with van der Waals surface area (Å²) in [5, 5.41) is 25.1. The highest BCUT2D eigenvalue weighted by Crippen LogP contribution is 1.87. The fraction of sp³-hybridized carbons (Fsp3) is 0.333. The van der Waals surface area contributed by atoms with Gasteiger partial charge in [-0.25, -0.2) is 0 Å². The lowest BCUT2D eigenvalue weighted by atomic mass is 10.4. The van der Waals surface area contributed by atoms with Crippen molar-refractivity contribution in [1.29, 1.82) is 0 Å². The van der Waals surface area contributed by atoms with Crippen molar-refractivity contribution in [3.8, 4) is 0 Å². The second-order valence-electron chi connectivity index (χ2n) is 1.40. The molecule has 0 aliphatic heterocycles. The molecule has 3 nitrogen and oxygen atoms in total. The molecule has 0 spiro atoms. The highest BCUT2D eigenvalue weighted by atomic mass is 16.3. The lowest BCUT2D eigenvalue weighted by Crippen LogP contribution is -1.80. The quantitative estimate of drug-likeness (QED) is 0.371. The first kappa shape index (κ1) is 8.20. The number of hydrogen-bond acceptors (Lipinski definition) is 3. The van der Waals surface area contributed by atoms with Gasteiger partial charge in [0.1, 0.15) is 5.76 Å². The van der Waals surface area contributed by atoms with E-state index in [1.54, 1.807) is 0 Å². The Morgan fingerprint density at radius 3 is 2.33 bits per heavy atom. The molecule has 52 valence electrons. The Balaban J connectivity index is 3.60. The van der Waals surface area contributed by atoms with Crippen LogP contribution in [-0.4, -0.2) is 28.5 Å². The molecule has 0 aromatic heterocycles. The fourth-order valence-corrected chi connectivity index (χ4v) is 0.335. The van der Waals surface area contributed by atoms with Gasteiger partial charge in [0.25, 0.3) is 0 Å². The molecular formula is C6H10O3. The van der Waals surface area contributed by atoms with Crippen LogP contribution in [0, 0.1) is 0 Å². The van der Waals surface area contributed by atoms with Crippen molar-refractivity contribution in [3.05, 3.63) is 24.0 Å². The maximum absolute atomic E-state index is 8.68. The summed E-state index contributed by atoms with van der Waals surface area (Å²) in [6.07, 6.45) is 3.92. The first-order chi connectivity index (χ1) is 4.31. The van der Waals surface area contributed by atoms with Crippen molar-refractivity contribution in [2.24, 2.45) is 0 Å². The van der Waals surface area contributed by atoms with Crippen LogP contribution in [0.3, 0.4) is 0 Å². The smallest absolute Gasteiger partial charge is 0.113 e. The molecular weight excluding hydrogens is 120 g/mol. The molecule has 3 N–H and O–H groups in total. The second-order valence-corrected chi connectivity index (χ2v) is 1.40. The van der Waals surface area contributed by atoms with Crippen LogP contribution < -0.4 is 0 Å². The van der Waals surface area contributed by atoms with E-state index >= 15 is 0 Å². The lowest BCUT2D eigenvalue weighted by Gasteiger charge is -1.86. The molecule has 3 heteroatoms. The van der Waals surface area contributed by atoms with Gasteiger partial charge in [-0.05, 0) is 12.2 Å². The van der Waals surface area contributed by atoms with Gasteiger partial charge in [-0.2, -0.15) is 0 Å². The Labute approximate surface area is 53.6 Å². The Hall–Kier alpha value is -0.800. The maximum Gasteiger partial charge on any atom is 0.113 e. The molecule has 0 bridgehead atoms. The summed E-state index contributed by atoms with van der Waals surface area (Å²) in [6, 6.07) is 0. The molecule has 0 unspecified atom stereocenters. The minimum atomic E-state index is -0.193. The Morgan fingerprint density at radius 2 is 1.89 bits per heavy atom. The molecule has 0 radical (unpaired) electrons. The molecule has 0 aliphatic carbocycles. The summed E-state index contributed by atoms with van der Waals surface area (Å²) >= 11 is 0. The molecule has 0 aromatic carbocycles. The van der Waals surface area contributed by atoms with Crippen molar-refractivity contribution in [1.82, 2.24) is 0 Å². The highest BCUT2D eigenvalue weighted by Gasteiger charge is 1.79. The van der Waals surface area contributed by atoms with Gasteiger partial charge in [-0.1, -0.05) is 6.08 Å². The molecule has 9 heavy (non-hydrogen) atoms. The third-order valence-electron chi connectivity index (χ3n) is 0.694. The predicted molar refractivity (Wildman–Crippen MR) is 34.0 cm³/mol. The largest absolute Gasteiger partial charge is 0.508 e. The molecule has 0 rings (SSSR count). The number of aliphatic hydroxyl groups is 3. The van der Waals surface area contributed by atoms with Crippen LogP contribution in [0.2, 0.25) is 0 Å². The van der Waals surface area contributed by atoms with Crippen molar-refractivity contribution in [2.45, 2.75) is 0 Å². The number of rotatable bonds is 3. The predicted octanol–water partition coefficient (Wildman–Crippen LogP) is -0.0309. The van der Waals surface area contributed by atoms with Crippen LogP contribution in [0.25, 0.3) is 0 Å². The van der Waals surface area contributed by atoms with Crippen LogP contribution >= 0.6 is 0 Å². The summed E-state index contributed by atoms with van der Waals surface area (Å²) in [4.78, 5) is 0. The van der Waals surface area contributed by atoms with Gasteiger partial charge in [0, 0.05) is 0 Å². The van der Waals surface area contributed by atoms with Gasteiger partial charge in [-0.3, -0.25) is 0 Å². The topological polar surface area (TPSA) is 60.7 Å². The molecule has 0 saturated carbocycles. The zero-order chi connectivity index (χ0) is 7.11. The Bertz CT molecular complexity index is 115. The van der Waals surface area contributed by atoms with Crippen molar-refractivity contribution in [3.63, 3.8) is 0 Å². The van der Waals surface area contributed by atoms with Crippen molar-refractivity contribution >= 4 is 0 Å². The molecule has 0 heterocycles. The standard InChI is InChI=1S/C6H10O3/c7-4-1-2-6(9)3-5-8/h1-3,7-9H,4-5H2. The van der Waals surface area contributed by atoms with E-state index in [0.717, 1.165) is 0 Å². The lowest BCUT2D eigenvalue weighted by molar-refractivity contribution is 0.330. The van der Waals surface area contributed by atoms with Gasteiger partial charge >= 0.3 is 0 Å². The van der Waals surface area contributed by atoms with Crippen LogP contribution in [0.5, 0.6) is 0 Å². The van der Waals surface area contributed by atoms with E-state index in [-0.39, 0.29) is 19.0 Å². The normalized spacial score (nSPS) is 12.9. The van der Waals surface area contributed by atoms with Gasteiger partial charge in [-0.15, -0.1) is 0 Å². The third kappa shape index (κ3) is 5.06. The summed E-state index contributed by atoms with van der Waals surface area (Å²) in [7, 11) is 0. The zero-order valence-electron chi connectivity index (χ0n) is 4.99. The van der Waals surface area contributed by atoms with Crippen molar-refractivity contribution < 1.29 is 15.3 Å². The summed E-state index contributed by atoms with van der Waals surface area (Å²) < 4.78 is 0. The van der Waals surface area contributed by atoms with E-state index < -0.39 is 0 Å². The van der Waals surface area contributed by atoms with Crippen LogP contribution in [0.1, 0.15) is 0 Å². The average Bonchev–Trinajstić information content (AvgIpc) is 1.85. The van der Waals surface area contributed by atoms with Crippen molar-refractivity contribution in [2.75, 3.05) is 13.2 Å². The number of hydrogen-bond donors (Lipinski definition) is 3. The van der Waals surface area contributed by atoms with Gasteiger partial charge in [0.05, 0.1) is 13.2 Å². The van der Waals surface area contributed by atoms with E-state index in [1.807, 2.05) is 0 Å². The molecule has 0 fully saturated rings. The fourth-order valence-electron chi connectivity index (χ4n) is 0.335. The average molecular weight is 130 g/mol. The first-order valence-corrected chi connectivity index (χ1v) is 2.58. The SMILES string of the molecule is OCC=CC(O)=CCO. The molecule has 0 saturated heterocycles. The van der Waals surface area contributed by atoms with Gasteiger partial charge in [0.15, 0.2) is 0 Å². The van der Waals surface area contributed by atoms with E-state index in [4.69, 9.17) is 15.3 Å². The van der Waals surface area contributed by atoms with E-state index in [0.29, 0.717) is 0 Å². The maximum atomic E-state index is 8.68. The minimum absolute atomic E-state index is 0.0356. The third-order valence-corrected chi connectivity index (χ3v) is 0.694. The van der Waals surface area contributed by atoms with Crippen LogP contribution in [0.4, 0.5) is 0 Å². The summed E-state index contributed by atoms with van der Waals surface area (Å²) in [5.41, 5.74) is 0. The highest BCUT2D eigenvalue weighted by molar-refractivity contribution is 5.09. The van der Waals surface area contributed by atoms with Gasteiger partial charge < -0.3 is 15.3 Å².